The van der Waals surface area contributed by atoms with E-state index in [1.165, 1.54) is 30.9 Å². The third-order valence-corrected chi connectivity index (χ3v) is 3.53. The Kier molecular flexibility index (Phi) is 4.15. The zero-order valence-corrected chi connectivity index (χ0v) is 11.9. The van der Waals surface area contributed by atoms with Crippen LogP contribution in [-0.2, 0) is 21.5 Å². The van der Waals surface area contributed by atoms with E-state index in [2.05, 4.69) is 10.1 Å². The van der Waals surface area contributed by atoms with Gasteiger partial charge in [0.15, 0.2) is 0 Å². The second-order valence-corrected chi connectivity index (χ2v) is 5.08. The molecule has 0 aliphatic rings. The van der Waals surface area contributed by atoms with Gasteiger partial charge in [0.1, 0.15) is 12.7 Å². The number of benzene rings is 1. The number of carboxylic acid groups (broad SMARTS) is 2. The minimum atomic E-state index is -2.30. The van der Waals surface area contributed by atoms with Crippen LogP contribution in [0.15, 0.2) is 30.9 Å². The van der Waals surface area contributed by atoms with E-state index in [-0.39, 0.29) is 15.6 Å². The summed E-state index contributed by atoms with van der Waals surface area (Å²) in [5.41, 5.74) is -2.38. The molecule has 21 heavy (non-hydrogen) atoms. The van der Waals surface area contributed by atoms with Crippen molar-refractivity contribution in [1.29, 1.82) is 0 Å². The van der Waals surface area contributed by atoms with E-state index < -0.39 is 23.9 Å². The summed E-state index contributed by atoms with van der Waals surface area (Å²) in [5, 5.41) is 23.0. The van der Waals surface area contributed by atoms with Gasteiger partial charge in [-0.05, 0) is 12.1 Å². The first-order valence-electron chi connectivity index (χ1n) is 5.62. The summed E-state index contributed by atoms with van der Waals surface area (Å²) in [5.74, 6) is -3.12. The maximum atomic E-state index is 11.7. The van der Waals surface area contributed by atoms with Crippen molar-refractivity contribution in [1.82, 2.24) is 14.8 Å². The molecule has 0 unspecified atom stereocenters. The third kappa shape index (κ3) is 2.70. The number of carboxylic acids is 2. The first-order chi connectivity index (χ1) is 9.87. The molecule has 0 atom stereocenters. The van der Waals surface area contributed by atoms with Gasteiger partial charge in [-0.2, -0.15) is 5.10 Å². The highest BCUT2D eigenvalue weighted by Gasteiger charge is 2.50. The second-order valence-electron chi connectivity index (χ2n) is 4.23. The molecule has 1 aromatic carbocycles. The molecule has 9 heteroatoms. The second kappa shape index (κ2) is 5.71. The lowest BCUT2D eigenvalue weighted by Crippen LogP contribution is -2.47. The molecule has 0 saturated heterocycles. The lowest BCUT2D eigenvalue weighted by Gasteiger charge is -2.26. The summed E-state index contributed by atoms with van der Waals surface area (Å²) in [6.07, 6.45) is 2.41. The van der Waals surface area contributed by atoms with E-state index in [0.717, 1.165) is 4.68 Å². The van der Waals surface area contributed by atoms with Crippen molar-refractivity contribution in [2.24, 2.45) is 0 Å². The summed E-state index contributed by atoms with van der Waals surface area (Å²) in [6, 6.07) is 3.95. The molecule has 2 rings (SSSR count). The first kappa shape index (κ1) is 15.3. The van der Waals surface area contributed by atoms with Gasteiger partial charge in [-0.25, -0.2) is 4.98 Å². The Hall–Kier alpha value is -2.12. The van der Waals surface area contributed by atoms with Crippen molar-refractivity contribution >= 4 is 35.1 Å². The van der Waals surface area contributed by atoms with Crippen molar-refractivity contribution in [2.45, 2.75) is 12.0 Å². The summed E-state index contributed by atoms with van der Waals surface area (Å²) >= 11 is 11.7. The van der Waals surface area contributed by atoms with Crippen LogP contribution in [0.1, 0.15) is 5.56 Å². The van der Waals surface area contributed by atoms with Gasteiger partial charge in [0.2, 0.25) is 5.41 Å². The van der Waals surface area contributed by atoms with Gasteiger partial charge in [-0.1, -0.05) is 29.3 Å². The number of carbonyl (C=O) groups is 2. The zero-order valence-electron chi connectivity index (χ0n) is 10.4. The monoisotopic (exact) mass is 329 g/mol. The van der Waals surface area contributed by atoms with Gasteiger partial charge in [0.05, 0.1) is 6.54 Å². The predicted octanol–water partition coefficient (Wildman–Crippen LogP) is 1.69. The molecular weight excluding hydrogens is 321 g/mol. The molecule has 0 aliphatic heterocycles. The van der Waals surface area contributed by atoms with Crippen LogP contribution in [0.3, 0.4) is 0 Å². The maximum absolute atomic E-state index is 11.7. The molecule has 0 amide bonds. The number of aliphatic carboxylic acids is 2. The lowest BCUT2D eigenvalue weighted by molar-refractivity contribution is -0.158. The molecule has 1 heterocycles. The third-order valence-electron chi connectivity index (χ3n) is 2.99. The fraction of sp³-hybridized carbons (Fsp3) is 0.167. The highest BCUT2D eigenvalue weighted by molar-refractivity contribution is 6.35. The van der Waals surface area contributed by atoms with Crippen molar-refractivity contribution in [3.05, 3.63) is 46.5 Å². The molecule has 110 valence electrons. The standard InChI is InChI=1S/C12H9Cl2N3O4/c13-7-1-2-8(9(14)3-7)12(10(18)19,11(20)21)4-17-6-15-5-16-17/h1-3,5-6H,4H2,(H,18,19)(H,20,21). The van der Waals surface area contributed by atoms with Crippen LogP contribution in [0.4, 0.5) is 0 Å². The fourth-order valence-electron chi connectivity index (χ4n) is 1.94. The van der Waals surface area contributed by atoms with Gasteiger partial charge >= 0.3 is 11.9 Å². The molecule has 0 spiro atoms. The van der Waals surface area contributed by atoms with E-state index in [4.69, 9.17) is 23.2 Å². The molecule has 2 N–H and O–H groups in total. The molecule has 0 radical (unpaired) electrons. The Morgan fingerprint density at radius 3 is 2.38 bits per heavy atom. The van der Waals surface area contributed by atoms with Crippen molar-refractivity contribution in [3.8, 4) is 0 Å². The highest BCUT2D eigenvalue weighted by Crippen LogP contribution is 2.34. The zero-order chi connectivity index (χ0) is 15.6. The average Bonchev–Trinajstić information content (AvgIpc) is 2.88. The van der Waals surface area contributed by atoms with Crippen LogP contribution in [0.25, 0.3) is 0 Å². The van der Waals surface area contributed by atoms with E-state index in [1.54, 1.807) is 0 Å². The number of hydrogen-bond donors (Lipinski definition) is 2. The van der Waals surface area contributed by atoms with E-state index in [1.807, 2.05) is 0 Å². The van der Waals surface area contributed by atoms with Crippen LogP contribution in [0.2, 0.25) is 10.0 Å². The number of aromatic nitrogens is 3. The summed E-state index contributed by atoms with van der Waals surface area (Å²) in [7, 11) is 0. The van der Waals surface area contributed by atoms with Gasteiger partial charge in [0, 0.05) is 15.6 Å². The summed E-state index contributed by atoms with van der Waals surface area (Å²) in [4.78, 5) is 27.1. The van der Waals surface area contributed by atoms with Crippen LogP contribution >= 0.6 is 23.2 Å². The van der Waals surface area contributed by atoms with E-state index in [9.17, 15) is 19.8 Å². The van der Waals surface area contributed by atoms with Crippen molar-refractivity contribution in [3.63, 3.8) is 0 Å². The quantitative estimate of drug-likeness (QED) is 0.808. The van der Waals surface area contributed by atoms with Crippen molar-refractivity contribution < 1.29 is 19.8 Å². The number of halogens is 2. The fourth-order valence-corrected chi connectivity index (χ4v) is 2.51. The Labute approximate surface area is 128 Å². The molecule has 2 aromatic rings. The Morgan fingerprint density at radius 2 is 1.90 bits per heavy atom. The minimum absolute atomic E-state index is 0.0487. The van der Waals surface area contributed by atoms with Gasteiger partial charge in [-0.3, -0.25) is 14.3 Å². The topological polar surface area (TPSA) is 105 Å². The van der Waals surface area contributed by atoms with E-state index in [0.29, 0.717) is 0 Å². The van der Waals surface area contributed by atoms with Crippen LogP contribution in [0.5, 0.6) is 0 Å². The largest absolute Gasteiger partial charge is 0.480 e. The molecule has 7 nitrogen and oxygen atoms in total. The van der Waals surface area contributed by atoms with Gasteiger partial charge in [0.25, 0.3) is 0 Å². The molecule has 1 aromatic heterocycles. The van der Waals surface area contributed by atoms with Crippen molar-refractivity contribution in [2.75, 3.05) is 0 Å². The first-order valence-corrected chi connectivity index (χ1v) is 6.38. The number of hydrogen-bond acceptors (Lipinski definition) is 4. The average molecular weight is 330 g/mol. The maximum Gasteiger partial charge on any atom is 0.327 e. The molecule has 0 aliphatic carbocycles. The van der Waals surface area contributed by atoms with Crippen LogP contribution < -0.4 is 0 Å². The summed E-state index contributed by atoms with van der Waals surface area (Å²) in [6.45, 7) is -0.459. The summed E-state index contributed by atoms with van der Waals surface area (Å²) < 4.78 is 1.12. The predicted molar refractivity (Wildman–Crippen MR) is 73.4 cm³/mol. The lowest BCUT2D eigenvalue weighted by atomic mass is 9.80. The van der Waals surface area contributed by atoms with Gasteiger partial charge in [-0.15, -0.1) is 0 Å². The SMILES string of the molecule is O=C(O)C(Cn1cncn1)(C(=O)O)c1ccc(Cl)cc1Cl. The smallest absolute Gasteiger partial charge is 0.327 e. The van der Waals surface area contributed by atoms with E-state index >= 15 is 0 Å². The molecule has 0 fully saturated rings. The molecule has 0 bridgehead atoms. The molecular formula is C12H9Cl2N3O4. The number of nitrogens with zero attached hydrogens (tertiary/aromatic N) is 3. The van der Waals surface area contributed by atoms with Crippen LogP contribution in [-0.4, -0.2) is 36.9 Å². The number of rotatable bonds is 5. The van der Waals surface area contributed by atoms with Crippen LogP contribution in [0, 0.1) is 0 Å². The normalized spacial score (nSPS) is 11.3. The highest BCUT2D eigenvalue weighted by atomic mass is 35.5. The molecule has 0 saturated carbocycles. The Balaban J connectivity index is 2.64. The Bertz CT molecular complexity index is 674. The van der Waals surface area contributed by atoms with Gasteiger partial charge < -0.3 is 10.2 Å². The minimum Gasteiger partial charge on any atom is -0.480 e. The Morgan fingerprint density at radius 1 is 1.24 bits per heavy atom.